The fourth-order valence-electron chi connectivity index (χ4n) is 2.78. The summed E-state index contributed by atoms with van der Waals surface area (Å²) in [5.74, 6) is -0.495. The number of aliphatic carboxylic acids is 1. The number of amides is 2. The highest BCUT2D eigenvalue weighted by atomic mass is 16.4. The van der Waals surface area contributed by atoms with Crippen LogP contribution in [0.3, 0.4) is 0 Å². The largest absolute Gasteiger partial charge is 0.480 e. The van der Waals surface area contributed by atoms with E-state index in [4.69, 9.17) is 0 Å². The number of nitrogens with one attached hydrogen (secondary N) is 2. The Hall–Kier alpha value is -1.26. The first kappa shape index (κ1) is 16.8. The predicted octanol–water partition coefficient (Wildman–Crippen LogP) is 2.75. The van der Waals surface area contributed by atoms with Gasteiger partial charge in [0.15, 0.2) is 0 Å². The van der Waals surface area contributed by atoms with Crippen molar-refractivity contribution in [2.24, 2.45) is 11.3 Å². The van der Waals surface area contributed by atoms with E-state index in [0.717, 1.165) is 12.8 Å². The van der Waals surface area contributed by atoms with Gasteiger partial charge in [0.05, 0.1) is 0 Å². The number of carbonyl (C=O) groups excluding carboxylic acids is 1. The minimum Gasteiger partial charge on any atom is -0.480 e. The fourth-order valence-corrected chi connectivity index (χ4v) is 2.78. The second-order valence-corrected chi connectivity index (χ2v) is 6.94. The Bertz CT molecular complexity index is 344. The van der Waals surface area contributed by atoms with E-state index in [2.05, 4.69) is 10.6 Å². The third-order valence-corrected chi connectivity index (χ3v) is 4.10. The summed E-state index contributed by atoms with van der Waals surface area (Å²) in [6, 6.07) is -1.18. The zero-order valence-electron chi connectivity index (χ0n) is 13.0. The van der Waals surface area contributed by atoms with Gasteiger partial charge in [-0.2, -0.15) is 0 Å². The molecule has 0 aliphatic heterocycles. The summed E-state index contributed by atoms with van der Waals surface area (Å²) < 4.78 is 0. The van der Waals surface area contributed by atoms with Crippen LogP contribution in [-0.2, 0) is 4.79 Å². The zero-order valence-corrected chi connectivity index (χ0v) is 13.0. The van der Waals surface area contributed by atoms with Crippen LogP contribution in [0.15, 0.2) is 0 Å². The Morgan fingerprint density at radius 1 is 1.10 bits per heavy atom. The number of carboxylic acid groups (broad SMARTS) is 1. The molecule has 0 spiro atoms. The molecule has 3 N–H and O–H groups in total. The number of hydrogen-bond donors (Lipinski definition) is 3. The summed E-state index contributed by atoms with van der Waals surface area (Å²) in [4.78, 5) is 23.2. The molecule has 1 unspecified atom stereocenters. The van der Waals surface area contributed by atoms with Crippen molar-refractivity contribution in [2.45, 2.75) is 71.9 Å². The molecule has 20 heavy (non-hydrogen) atoms. The third-order valence-electron chi connectivity index (χ3n) is 4.10. The topological polar surface area (TPSA) is 78.4 Å². The fraction of sp³-hybridized carbons (Fsp3) is 0.867. The number of urea groups is 1. The monoisotopic (exact) mass is 284 g/mol. The maximum atomic E-state index is 12.0. The van der Waals surface area contributed by atoms with Crippen LogP contribution in [-0.4, -0.2) is 29.2 Å². The first-order valence-corrected chi connectivity index (χ1v) is 7.51. The van der Waals surface area contributed by atoms with E-state index in [1.54, 1.807) is 20.8 Å². The molecule has 1 fully saturated rings. The van der Waals surface area contributed by atoms with E-state index in [-0.39, 0.29) is 12.1 Å². The van der Waals surface area contributed by atoms with Crippen molar-refractivity contribution >= 4 is 12.0 Å². The molecule has 0 heterocycles. The van der Waals surface area contributed by atoms with Gasteiger partial charge in [-0.15, -0.1) is 0 Å². The van der Waals surface area contributed by atoms with Gasteiger partial charge in [-0.3, -0.25) is 0 Å². The van der Waals surface area contributed by atoms with E-state index in [1.165, 1.54) is 19.3 Å². The molecule has 1 aliphatic rings. The van der Waals surface area contributed by atoms with Gasteiger partial charge >= 0.3 is 12.0 Å². The van der Waals surface area contributed by atoms with Gasteiger partial charge in [-0.1, -0.05) is 40.0 Å². The lowest BCUT2D eigenvalue weighted by atomic mass is 9.84. The van der Waals surface area contributed by atoms with Crippen LogP contribution in [0, 0.1) is 11.3 Å². The van der Waals surface area contributed by atoms with Crippen molar-refractivity contribution < 1.29 is 14.7 Å². The molecule has 1 rings (SSSR count). The minimum absolute atomic E-state index is 0.0877. The lowest BCUT2D eigenvalue weighted by molar-refractivity contribution is -0.141. The van der Waals surface area contributed by atoms with Crippen LogP contribution in [0.1, 0.15) is 59.8 Å². The van der Waals surface area contributed by atoms with Crippen LogP contribution >= 0.6 is 0 Å². The highest BCUT2D eigenvalue weighted by Crippen LogP contribution is 2.26. The van der Waals surface area contributed by atoms with Crippen LogP contribution in [0.5, 0.6) is 0 Å². The van der Waals surface area contributed by atoms with Gasteiger partial charge in [0.25, 0.3) is 0 Å². The van der Waals surface area contributed by atoms with Crippen molar-refractivity contribution in [1.82, 2.24) is 10.6 Å². The Morgan fingerprint density at radius 2 is 1.65 bits per heavy atom. The maximum Gasteiger partial charge on any atom is 0.326 e. The first-order valence-electron chi connectivity index (χ1n) is 7.51. The molecule has 2 amide bonds. The van der Waals surface area contributed by atoms with Gasteiger partial charge in [-0.25, -0.2) is 9.59 Å². The van der Waals surface area contributed by atoms with Crippen molar-refractivity contribution in [3.63, 3.8) is 0 Å². The summed E-state index contributed by atoms with van der Waals surface area (Å²) >= 11 is 0. The van der Waals surface area contributed by atoms with Crippen LogP contribution in [0.2, 0.25) is 0 Å². The molecule has 1 aliphatic carbocycles. The standard InChI is InChI=1S/C15H28N2O3/c1-10(11-8-6-5-7-9-11)16-14(20)17-12(13(18)19)15(2,3)4/h10-12H,5-9H2,1-4H3,(H,18,19)(H2,16,17,20)/t10?,12-/m1/s1. The summed E-state index contributed by atoms with van der Waals surface area (Å²) in [6.07, 6.45) is 6.00. The molecule has 5 nitrogen and oxygen atoms in total. The van der Waals surface area contributed by atoms with Gasteiger partial charge in [0, 0.05) is 6.04 Å². The van der Waals surface area contributed by atoms with Crippen molar-refractivity contribution in [3.05, 3.63) is 0 Å². The van der Waals surface area contributed by atoms with Crippen molar-refractivity contribution in [2.75, 3.05) is 0 Å². The lowest BCUT2D eigenvalue weighted by Crippen LogP contribution is -2.54. The molecule has 0 radical (unpaired) electrons. The molecule has 0 aromatic rings. The van der Waals surface area contributed by atoms with Gasteiger partial charge in [0.1, 0.15) is 6.04 Å². The number of hydrogen-bond acceptors (Lipinski definition) is 2. The number of rotatable bonds is 4. The summed E-state index contributed by atoms with van der Waals surface area (Å²) in [7, 11) is 0. The molecular weight excluding hydrogens is 256 g/mol. The predicted molar refractivity (Wildman–Crippen MR) is 78.6 cm³/mol. The second kappa shape index (κ2) is 6.95. The van der Waals surface area contributed by atoms with Crippen LogP contribution in [0.4, 0.5) is 4.79 Å². The Labute approximate surface area is 121 Å². The summed E-state index contributed by atoms with van der Waals surface area (Å²) in [6.45, 7) is 7.41. The van der Waals surface area contributed by atoms with Gasteiger partial charge in [0.2, 0.25) is 0 Å². The van der Waals surface area contributed by atoms with E-state index in [0.29, 0.717) is 5.92 Å². The molecule has 0 aromatic heterocycles. The summed E-state index contributed by atoms with van der Waals surface area (Å²) in [5, 5.41) is 14.7. The number of carboxylic acids is 1. The highest BCUT2D eigenvalue weighted by molar-refractivity contribution is 5.83. The quantitative estimate of drug-likeness (QED) is 0.742. The summed E-state index contributed by atoms with van der Waals surface area (Å²) in [5.41, 5.74) is -0.517. The average Bonchev–Trinajstić information content (AvgIpc) is 2.35. The Kier molecular flexibility index (Phi) is 5.84. The lowest BCUT2D eigenvalue weighted by Gasteiger charge is -2.31. The Morgan fingerprint density at radius 3 is 2.10 bits per heavy atom. The molecular formula is C15H28N2O3. The number of carbonyl (C=O) groups is 2. The van der Waals surface area contributed by atoms with E-state index in [1.807, 2.05) is 6.92 Å². The van der Waals surface area contributed by atoms with E-state index >= 15 is 0 Å². The highest BCUT2D eigenvalue weighted by Gasteiger charge is 2.33. The molecule has 0 aromatic carbocycles. The second-order valence-electron chi connectivity index (χ2n) is 6.94. The SMILES string of the molecule is CC(NC(=O)N[C@H](C(=O)O)C(C)(C)C)C1CCCCC1. The van der Waals surface area contributed by atoms with E-state index < -0.39 is 17.4 Å². The molecule has 0 saturated heterocycles. The van der Waals surface area contributed by atoms with Crippen LogP contribution in [0.25, 0.3) is 0 Å². The third kappa shape index (κ3) is 5.02. The van der Waals surface area contributed by atoms with Crippen LogP contribution < -0.4 is 10.6 Å². The normalized spacial score (nSPS) is 20.0. The zero-order chi connectivity index (χ0) is 15.3. The molecule has 5 heteroatoms. The van der Waals surface area contributed by atoms with Gasteiger partial charge in [-0.05, 0) is 31.1 Å². The first-order chi connectivity index (χ1) is 9.21. The minimum atomic E-state index is -1.00. The maximum absolute atomic E-state index is 12.0. The average molecular weight is 284 g/mol. The molecule has 1 saturated carbocycles. The van der Waals surface area contributed by atoms with Crippen molar-refractivity contribution in [3.8, 4) is 0 Å². The smallest absolute Gasteiger partial charge is 0.326 e. The van der Waals surface area contributed by atoms with E-state index in [9.17, 15) is 14.7 Å². The van der Waals surface area contributed by atoms with Crippen molar-refractivity contribution in [1.29, 1.82) is 0 Å². The molecule has 116 valence electrons. The van der Waals surface area contributed by atoms with Gasteiger partial charge < -0.3 is 15.7 Å². The molecule has 2 atom stereocenters. The molecule has 0 bridgehead atoms. The Balaban J connectivity index is 2.50.